The van der Waals surface area contributed by atoms with Gasteiger partial charge in [0.15, 0.2) is 0 Å². The summed E-state index contributed by atoms with van der Waals surface area (Å²) in [6.07, 6.45) is 4.01. The zero-order valence-electron chi connectivity index (χ0n) is 12.4. The molecule has 21 heavy (non-hydrogen) atoms. The van der Waals surface area contributed by atoms with Crippen molar-refractivity contribution in [2.45, 2.75) is 25.8 Å². The fourth-order valence-electron chi connectivity index (χ4n) is 2.73. The largest absolute Gasteiger partial charge is 0.464 e. The van der Waals surface area contributed by atoms with Crippen LogP contribution in [0.2, 0.25) is 0 Å². The molecule has 108 valence electrons. The topological polar surface area (TPSA) is 25.2 Å². The van der Waals surface area contributed by atoms with Crippen LogP contribution < -0.4 is 5.32 Å². The number of para-hydroxylation sites is 1. The van der Waals surface area contributed by atoms with Crippen LogP contribution in [-0.4, -0.2) is 6.54 Å². The number of nitrogens with one attached hydrogen (secondary N) is 1. The van der Waals surface area contributed by atoms with Gasteiger partial charge >= 0.3 is 0 Å². The van der Waals surface area contributed by atoms with E-state index in [2.05, 4.69) is 54.7 Å². The Morgan fingerprint density at radius 3 is 2.57 bits per heavy atom. The van der Waals surface area contributed by atoms with Crippen molar-refractivity contribution in [3.8, 4) is 0 Å². The third-order valence-corrected chi connectivity index (χ3v) is 3.81. The van der Waals surface area contributed by atoms with Crippen LogP contribution >= 0.6 is 0 Å². The van der Waals surface area contributed by atoms with Crippen molar-refractivity contribution in [1.29, 1.82) is 0 Å². The van der Waals surface area contributed by atoms with E-state index in [9.17, 15) is 0 Å². The highest BCUT2D eigenvalue weighted by Crippen LogP contribution is 2.28. The first-order chi connectivity index (χ1) is 10.4. The van der Waals surface area contributed by atoms with Gasteiger partial charge < -0.3 is 9.73 Å². The van der Waals surface area contributed by atoms with E-state index in [4.69, 9.17) is 4.42 Å². The molecule has 3 aromatic rings. The number of benzene rings is 2. The van der Waals surface area contributed by atoms with Gasteiger partial charge in [-0.2, -0.15) is 0 Å². The van der Waals surface area contributed by atoms with Crippen molar-refractivity contribution in [2.24, 2.45) is 0 Å². The molecule has 0 bridgehead atoms. The maximum atomic E-state index is 5.71. The Hall–Kier alpha value is -2.06. The van der Waals surface area contributed by atoms with E-state index in [0.717, 1.165) is 25.0 Å². The van der Waals surface area contributed by atoms with Gasteiger partial charge in [0.2, 0.25) is 0 Å². The molecule has 1 heterocycles. The Morgan fingerprint density at radius 1 is 1.00 bits per heavy atom. The summed E-state index contributed by atoms with van der Waals surface area (Å²) in [6.45, 7) is 3.21. The van der Waals surface area contributed by atoms with Gasteiger partial charge in [-0.3, -0.25) is 0 Å². The van der Waals surface area contributed by atoms with Gasteiger partial charge in [-0.25, -0.2) is 0 Å². The number of hydrogen-bond donors (Lipinski definition) is 1. The standard InChI is InChI=1S/C19H21NO/c1-2-12-20-18(13-15-8-4-3-5-9-15)17-14-21-19-11-7-6-10-16(17)19/h3-11,14,18,20H,2,12-13H2,1H3. The van der Waals surface area contributed by atoms with Crippen molar-refractivity contribution in [3.05, 3.63) is 72.0 Å². The molecule has 0 radical (unpaired) electrons. The van der Waals surface area contributed by atoms with E-state index in [0.29, 0.717) is 0 Å². The number of hydrogen-bond acceptors (Lipinski definition) is 2. The van der Waals surface area contributed by atoms with E-state index in [1.54, 1.807) is 0 Å². The van der Waals surface area contributed by atoms with Crippen LogP contribution in [0.5, 0.6) is 0 Å². The lowest BCUT2D eigenvalue weighted by Gasteiger charge is -2.18. The first-order valence-electron chi connectivity index (χ1n) is 7.62. The molecule has 2 heteroatoms. The minimum absolute atomic E-state index is 0.288. The molecule has 0 saturated heterocycles. The van der Waals surface area contributed by atoms with Crippen LogP contribution in [0.4, 0.5) is 0 Å². The van der Waals surface area contributed by atoms with Crippen molar-refractivity contribution in [1.82, 2.24) is 5.32 Å². The highest BCUT2D eigenvalue weighted by molar-refractivity contribution is 5.81. The van der Waals surface area contributed by atoms with Gasteiger partial charge in [0, 0.05) is 17.0 Å². The summed E-state index contributed by atoms with van der Waals surface area (Å²) < 4.78 is 5.71. The van der Waals surface area contributed by atoms with Gasteiger partial charge in [0.05, 0.1) is 6.26 Å². The average Bonchev–Trinajstić information content (AvgIpc) is 2.96. The van der Waals surface area contributed by atoms with Crippen molar-refractivity contribution in [3.63, 3.8) is 0 Å². The predicted octanol–water partition coefficient (Wildman–Crippen LogP) is 4.72. The molecule has 0 spiro atoms. The molecule has 0 amide bonds. The molecule has 1 unspecified atom stereocenters. The summed E-state index contributed by atoms with van der Waals surface area (Å²) in [5.41, 5.74) is 3.56. The van der Waals surface area contributed by atoms with Crippen molar-refractivity contribution >= 4 is 11.0 Å². The lowest BCUT2D eigenvalue weighted by Crippen LogP contribution is -2.23. The molecular formula is C19H21NO. The first-order valence-corrected chi connectivity index (χ1v) is 7.62. The maximum Gasteiger partial charge on any atom is 0.134 e. The van der Waals surface area contributed by atoms with Crippen LogP contribution in [0.15, 0.2) is 65.3 Å². The zero-order valence-corrected chi connectivity index (χ0v) is 12.4. The normalized spacial score (nSPS) is 12.6. The van der Waals surface area contributed by atoms with E-state index in [-0.39, 0.29) is 6.04 Å². The summed E-state index contributed by atoms with van der Waals surface area (Å²) in [4.78, 5) is 0. The SMILES string of the molecule is CCCNC(Cc1ccccc1)c1coc2ccccc12. The lowest BCUT2D eigenvalue weighted by atomic mass is 9.98. The second-order valence-electron chi connectivity index (χ2n) is 5.38. The minimum Gasteiger partial charge on any atom is -0.464 e. The lowest BCUT2D eigenvalue weighted by molar-refractivity contribution is 0.519. The number of rotatable bonds is 6. The Morgan fingerprint density at radius 2 is 1.76 bits per heavy atom. The Bertz CT molecular complexity index is 687. The first kappa shape index (κ1) is 13.9. The second-order valence-corrected chi connectivity index (χ2v) is 5.38. The summed E-state index contributed by atoms with van der Waals surface area (Å²) in [7, 11) is 0. The van der Waals surface area contributed by atoms with Crippen molar-refractivity contribution in [2.75, 3.05) is 6.54 Å². The van der Waals surface area contributed by atoms with Crippen LogP contribution in [-0.2, 0) is 6.42 Å². The number of furan rings is 1. The van der Waals surface area contributed by atoms with Gasteiger partial charge in [-0.05, 0) is 31.0 Å². The molecule has 0 fully saturated rings. The van der Waals surface area contributed by atoms with Gasteiger partial charge in [-0.15, -0.1) is 0 Å². The minimum atomic E-state index is 0.288. The molecule has 3 rings (SSSR count). The fraction of sp³-hybridized carbons (Fsp3) is 0.263. The fourth-order valence-corrected chi connectivity index (χ4v) is 2.73. The molecule has 0 aliphatic rings. The van der Waals surface area contributed by atoms with Gasteiger partial charge in [-0.1, -0.05) is 55.5 Å². The molecule has 2 aromatic carbocycles. The Kier molecular flexibility index (Phi) is 4.37. The summed E-state index contributed by atoms with van der Waals surface area (Å²) >= 11 is 0. The summed E-state index contributed by atoms with van der Waals surface area (Å²) in [5.74, 6) is 0. The zero-order chi connectivity index (χ0) is 14.5. The van der Waals surface area contributed by atoms with Crippen LogP contribution in [0, 0.1) is 0 Å². The Labute approximate surface area is 125 Å². The van der Waals surface area contributed by atoms with E-state index < -0.39 is 0 Å². The monoisotopic (exact) mass is 279 g/mol. The molecule has 1 N–H and O–H groups in total. The Balaban J connectivity index is 1.91. The molecule has 2 nitrogen and oxygen atoms in total. The van der Waals surface area contributed by atoms with Gasteiger partial charge in [0.1, 0.15) is 5.58 Å². The molecular weight excluding hydrogens is 258 g/mol. The van der Waals surface area contributed by atoms with E-state index in [1.165, 1.54) is 16.5 Å². The molecule has 0 aliphatic heterocycles. The van der Waals surface area contributed by atoms with E-state index >= 15 is 0 Å². The maximum absolute atomic E-state index is 5.71. The summed E-state index contributed by atoms with van der Waals surface area (Å²) in [5, 5.41) is 4.86. The molecule has 1 atom stereocenters. The third-order valence-electron chi connectivity index (χ3n) is 3.81. The average molecular weight is 279 g/mol. The quantitative estimate of drug-likeness (QED) is 0.706. The van der Waals surface area contributed by atoms with Gasteiger partial charge in [0.25, 0.3) is 0 Å². The van der Waals surface area contributed by atoms with Crippen LogP contribution in [0.25, 0.3) is 11.0 Å². The van der Waals surface area contributed by atoms with Crippen LogP contribution in [0.3, 0.4) is 0 Å². The van der Waals surface area contributed by atoms with E-state index in [1.807, 2.05) is 18.4 Å². The molecule has 1 aromatic heterocycles. The van der Waals surface area contributed by atoms with Crippen LogP contribution in [0.1, 0.15) is 30.5 Å². The number of fused-ring (bicyclic) bond motifs is 1. The highest BCUT2D eigenvalue weighted by atomic mass is 16.3. The predicted molar refractivity (Wildman–Crippen MR) is 87.4 cm³/mol. The summed E-state index contributed by atoms with van der Waals surface area (Å²) in [6, 6.07) is 19.2. The third kappa shape index (κ3) is 3.17. The smallest absolute Gasteiger partial charge is 0.134 e. The van der Waals surface area contributed by atoms with Crippen molar-refractivity contribution < 1.29 is 4.42 Å². The second kappa shape index (κ2) is 6.59. The highest BCUT2D eigenvalue weighted by Gasteiger charge is 2.16. The molecule has 0 aliphatic carbocycles. The molecule has 0 saturated carbocycles.